The van der Waals surface area contributed by atoms with Gasteiger partial charge in [0, 0.05) is 74.7 Å². The molecule has 1 atom stereocenters. The van der Waals surface area contributed by atoms with Gasteiger partial charge in [-0.1, -0.05) is 12.8 Å². The normalized spacial score (nSPS) is 19.4. The minimum Gasteiger partial charge on any atom is -0.337 e. The summed E-state index contributed by atoms with van der Waals surface area (Å²) in [5, 5.41) is 3.03. The van der Waals surface area contributed by atoms with E-state index in [1.54, 1.807) is 13.1 Å². The Hall–Kier alpha value is -3.33. The van der Waals surface area contributed by atoms with Crippen molar-refractivity contribution in [2.24, 2.45) is 5.92 Å². The van der Waals surface area contributed by atoms with Crippen molar-refractivity contribution in [1.82, 2.24) is 29.2 Å². The molecule has 4 heterocycles. The lowest BCUT2D eigenvalue weighted by Crippen LogP contribution is -2.54. The van der Waals surface area contributed by atoms with Crippen molar-refractivity contribution in [3.8, 4) is 0 Å². The molecule has 1 unspecified atom stereocenters. The zero-order valence-electron chi connectivity index (χ0n) is 20.7. The number of carbonyl (C=O) groups excluding carboxylic acids is 2. The summed E-state index contributed by atoms with van der Waals surface area (Å²) in [6, 6.07) is 0.178. The lowest BCUT2D eigenvalue weighted by Gasteiger charge is -2.41. The zero-order chi connectivity index (χ0) is 24.5. The molecule has 3 aromatic rings. The molecular formula is C26H33N7O2. The predicted molar refractivity (Wildman–Crippen MR) is 133 cm³/mol. The molecule has 0 spiro atoms. The standard InChI is InChI=1S/C26H33N7O2/c1-17-14-31(10-11-33(17)26(35)20-6-4-5-7-20)15-22-18(2)23(16-32-9-8-27-24(22)32)30-25(34)21-12-28-19(3)29-13-21/h8-9,12-13,16-17,20H,4-7,10-11,14-15H2,1-3H3,(H,30,34). The SMILES string of the molecule is Cc1ncc(C(=O)Nc2cn3ccnc3c(CN3CCN(C(=O)C4CCCC4)C(C)C3)c2C)cn1. The van der Waals surface area contributed by atoms with Crippen LogP contribution in [0, 0.1) is 19.8 Å². The van der Waals surface area contributed by atoms with E-state index in [1.165, 1.54) is 25.2 Å². The van der Waals surface area contributed by atoms with Gasteiger partial charge in [0.2, 0.25) is 5.91 Å². The van der Waals surface area contributed by atoms with E-state index < -0.39 is 0 Å². The van der Waals surface area contributed by atoms with Gasteiger partial charge in [-0.2, -0.15) is 0 Å². The largest absolute Gasteiger partial charge is 0.337 e. The fourth-order valence-corrected chi connectivity index (χ4v) is 5.37. The summed E-state index contributed by atoms with van der Waals surface area (Å²) in [5.74, 6) is 0.937. The van der Waals surface area contributed by atoms with Gasteiger partial charge in [-0.15, -0.1) is 0 Å². The average molecular weight is 476 g/mol. The molecule has 2 amide bonds. The molecule has 2 fully saturated rings. The molecular weight excluding hydrogens is 442 g/mol. The summed E-state index contributed by atoms with van der Waals surface area (Å²) in [6.07, 6.45) is 13.1. The monoisotopic (exact) mass is 475 g/mol. The Morgan fingerprint density at radius 2 is 1.83 bits per heavy atom. The van der Waals surface area contributed by atoms with Crippen LogP contribution in [0.1, 0.15) is 59.9 Å². The first-order chi connectivity index (χ1) is 16.9. The second-order valence-electron chi connectivity index (χ2n) is 9.87. The van der Waals surface area contributed by atoms with Crippen LogP contribution in [0.15, 0.2) is 31.0 Å². The van der Waals surface area contributed by atoms with Crippen LogP contribution in [0.25, 0.3) is 5.65 Å². The van der Waals surface area contributed by atoms with E-state index in [9.17, 15) is 9.59 Å². The Labute approximate surface area is 205 Å². The van der Waals surface area contributed by atoms with Gasteiger partial charge in [0.25, 0.3) is 5.91 Å². The molecule has 5 rings (SSSR count). The number of amides is 2. The molecule has 3 aromatic heterocycles. The summed E-state index contributed by atoms with van der Waals surface area (Å²) in [5.41, 5.74) is 4.10. The Morgan fingerprint density at radius 3 is 2.54 bits per heavy atom. The molecule has 1 aliphatic carbocycles. The summed E-state index contributed by atoms with van der Waals surface area (Å²) in [4.78, 5) is 43.2. The Bertz CT molecular complexity index is 1230. The maximum Gasteiger partial charge on any atom is 0.258 e. The fraction of sp³-hybridized carbons (Fsp3) is 0.500. The van der Waals surface area contributed by atoms with Crippen LogP contribution in [0.3, 0.4) is 0 Å². The van der Waals surface area contributed by atoms with Crippen molar-refractivity contribution in [3.63, 3.8) is 0 Å². The van der Waals surface area contributed by atoms with Crippen molar-refractivity contribution in [1.29, 1.82) is 0 Å². The van der Waals surface area contributed by atoms with Crippen molar-refractivity contribution in [3.05, 3.63) is 53.5 Å². The summed E-state index contributed by atoms with van der Waals surface area (Å²) < 4.78 is 1.95. The lowest BCUT2D eigenvalue weighted by atomic mass is 10.0. The van der Waals surface area contributed by atoms with E-state index in [0.717, 1.165) is 54.9 Å². The zero-order valence-corrected chi connectivity index (χ0v) is 20.7. The van der Waals surface area contributed by atoms with Gasteiger partial charge >= 0.3 is 0 Å². The number of nitrogens with zero attached hydrogens (tertiary/aromatic N) is 6. The number of nitrogens with one attached hydrogen (secondary N) is 1. The van der Waals surface area contributed by atoms with Gasteiger partial charge in [-0.05, 0) is 39.2 Å². The fourth-order valence-electron chi connectivity index (χ4n) is 5.37. The number of aromatic nitrogens is 4. The van der Waals surface area contributed by atoms with Crippen LogP contribution >= 0.6 is 0 Å². The van der Waals surface area contributed by atoms with E-state index in [4.69, 9.17) is 0 Å². The smallest absolute Gasteiger partial charge is 0.258 e. The van der Waals surface area contributed by atoms with E-state index >= 15 is 0 Å². The first-order valence-corrected chi connectivity index (χ1v) is 12.5. The molecule has 35 heavy (non-hydrogen) atoms. The third-order valence-corrected chi connectivity index (χ3v) is 7.44. The molecule has 9 heteroatoms. The van der Waals surface area contributed by atoms with Gasteiger partial charge in [-0.3, -0.25) is 14.5 Å². The van der Waals surface area contributed by atoms with Gasteiger partial charge in [0.1, 0.15) is 11.5 Å². The first kappa shape index (κ1) is 23.4. The summed E-state index contributed by atoms with van der Waals surface area (Å²) in [6.45, 7) is 9.07. The molecule has 9 nitrogen and oxygen atoms in total. The summed E-state index contributed by atoms with van der Waals surface area (Å²) >= 11 is 0. The van der Waals surface area contributed by atoms with Crippen molar-refractivity contribution >= 4 is 23.1 Å². The average Bonchev–Trinajstić information content (AvgIpc) is 3.54. The number of rotatable bonds is 5. The molecule has 0 radical (unpaired) electrons. The van der Waals surface area contributed by atoms with E-state index in [0.29, 0.717) is 23.8 Å². The number of hydrogen-bond acceptors (Lipinski definition) is 6. The maximum atomic E-state index is 13.0. The molecule has 2 aliphatic rings. The van der Waals surface area contributed by atoms with Gasteiger partial charge in [0.05, 0.1) is 11.3 Å². The van der Waals surface area contributed by atoms with E-state index in [-0.39, 0.29) is 17.9 Å². The highest BCUT2D eigenvalue weighted by Gasteiger charge is 2.33. The van der Waals surface area contributed by atoms with Gasteiger partial charge < -0.3 is 14.6 Å². The predicted octanol–water partition coefficient (Wildman–Crippen LogP) is 3.22. The second-order valence-corrected chi connectivity index (χ2v) is 9.87. The number of piperazine rings is 1. The minimum atomic E-state index is -0.244. The van der Waals surface area contributed by atoms with Gasteiger partial charge in [-0.25, -0.2) is 15.0 Å². The topological polar surface area (TPSA) is 95.7 Å². The van der Waals surface area contributed by atoms with E-state index in [1.807, 2.05) is 23.7 Å². The number of fused-ring (bicyclic) bond motifs is 1. The molecule has 0 aromatic carbocycles. The molecule has 1 N–H and O–H groups in total. The molecule has 184 valence electrons. The number of pyridine rings is 1. The van der Waals surface area contributed by atoms with Gasteiger partial charge in [0.15, 0.2) is 0 Å². The Balaban J connectivity index is 1.33. The highest BCUT2D eigenvalue weighted by Crippen LogP contribution is 2.29. The Kier molecular flexibility index (Phi) is 6.51. The molecule has 1 saturated carbocycles. The number of imidazole rings is 1. The van der Waals surface area contributed by atoms with Crippen LogP contribution in [0.5, 0.6) is 0 Å². The number of aryl methyl sites for hydroxylation is 1. The van der Waals surface area contributed by atoms with Crippen LogP contribution in [-0.2, 0) is 11.3 Å². The van der Waals surface area contributed by atoms with Crippen molar-refractivity contribution in [2.75, 3.05) is 25.0 Å². The van der Waals surface area contributed by atoms with Crippen LogP contribution in [0.4, 0.5) is 5.69 Å². The number of hydrogen-bond donors (Lipinski definition) is 1. The van der Waals surface area contributed by atoms with Crippen LogP contribution in [-0.4, -0.2) is 66.6 Å². The molecule has 1 saturated heterocycles. The quantitative estimate of drug-likeness (QED) is 0.609. The third-order valence-electron chi connectivity index (χ3n) is 7.44. The second kappa shape index (κ2) is 9.73. The minimum absolute atomic E-state index is 0.178. The molecule has 0 bridgehead atoms. The number of carbonyl (C=O) groups is 2. The van der Waals surface area contributed by atoms with E-state index in [2.05, 4.69) is 37.0 Å². The van der Waals surface area contributed by atoms with Crippen molar-refractivity contribution < 1.29 is 9.59 Å². The maximum absolute atomic E-state index is 13.0. The number of anilines is 1. The third kappa shape index (κ3) is 4.77. The first-order valence-electron chi connectivity index (χ1n) is 12.5. The lowest BCUT2D eigenvalue weighted by molar-refractivity contribution is -0.140. The van der Waals surface area contributed by atoms with Crippen LogP contribution < -0.4 is 5.32 Å². The molecule has 1 aliphatic heterocycles. The highest BCUT2D eigenvalue weighted by molar-refractivity contribution is 6.04. The Morgan fingerprint density at radius 1 is 1.09 bits per heavy atom. The van der Waals surface area contributed by atoms with Crippen LogP contribution in [0.2, 0.25) is 0 Å². The highest BCUT2D eigenvalue weighted by atomic mass is 16.2. The summed E-state index contributed by atoms with van der Waals surface area (Å²) in [7, 11) is 0. The van der Waals surface area contributed by atoms with Crippen molar-refractivity contribution in [2.45, 2.75) is 59.0 Å².